The summed E-state index contributed by atoms with van der Waals surface area (Å²) in [6, 6.07) is 6.15. The summed E-state index contributed by atoms with van der Waals surface area (Å²) in [6.45, 7) is 3.35. The molecule has 0 unspecified atom stereocenters. The van der Waals surface area contributed by atoms with Gasteiger partial charge in [0.2, 0.25) is 5.91 Å². The van der Waals surface area contributed by atoms with Crippen LogP contribution in [-0.2, 0) is 20.7 Å². The van der Waals surface area contributed by atoms with Crippen molar-refractivity contribution >= 4 is 22.8 Å². The molecular formula is C18H22N2O4. The molecule has 3 rings (SSSR count). The van der Waals surface area contributed by atoms with Gasteiger partial charge in [-0.1, -0.05) is 18.2 Å². The van der Waals surface area contributed by atoms with Crippen LogP contribution in [0.25, 0.3) is 10.9 Å². The number of para-hydroxylation sites is 1. The number of ether oxygens (including phenoxy) is 1. The average molecular weight is 330 g/mol. The number of morpholine rings is 1. The van der Waals surface area contributed by atoms with Gasteiger partial charge in [0.1, 0.15) is 0 Å². The fraction of sp³-hybridized carbons (Fsp3) is 0.444. The number of nitrogens with one attached hydrogen (secondary N) is 1. The molecule has 1 aliphatic rings. The Labute approximate surface area is 140 Å². The van der Waals surface area contributed by atoms with Crippen LogP contribution in [0.5, 0.6) is 0 Å². The van der Waals surface area contributed by atoms with Crippen molar-refractivity contribution in [1.29, 1.82) is 0 Å². The number of aromatic amines is 1. The number of carbonyl (C=O) groups is 2. The van der Waals surface area contributed by atoms with Gasteiger partial charge in [0, 0.05) is 36.6 Å². The highest BCUT2D eigenvalue weighted by Crippen LogP contribution is 2.22. The first kappa shape index (κ1) is 16.5. The van der Waals surface area contributed by atoms with Gasteiger partial charge in [0.05, 0.1) is 19.1 Å². The van der Waals surface area contributed by atoms with Crippen LogP contribution < -0.4 is 0 Å². The SMILES string of the molecule is Cc1cccc2c(CCC(=O)N3CCO[C@@H](CC(=O)O)C3)c[nH]c12. The molecule has 1 amide bonds. The molecule has 1 saturated heterocycles. The molecule has 1 aromatic carbocycles. The van der Waals surface area contributed by atoms with Gasteiger partial charge in [-0.05, 0) is 24.5 Å². The van der Waals surface area contributed by atoms with Crippen molar-refractivity contribution in [2.75, 3.05) is 19.7 Å². The molecule has 0 bridgehead atoms. The van der Waals surface area contributed by atoms with E-state index in [1.54, 1.807) is 4.90 Å². The Morgan fingerprint density at radius 3 is 3.04 bits per heavy atom. The largest absolute Gasteiger partial charge is 0.481 e. The number of amides is 1. The number of fused-ring (bicyclic) bond motifs is 1. The standard InChI is InChI=1S/C18H22N2O4/c1-12-3-2-4-15-13(10-19-18(12)15)5-6-16(21)20-7-8-24-14(11-20)9-17(22)23/h2-4,10,14,19H,5-9,11H2,1H3,(H,22,23)/t14-/m0/s1. The van der Waals surface area contributed by atoms with E-state index in [9.17, 15) is 9.59 Å². The van der Waals surface area contributed by atoms with Crippen molar-refractivity contribution < 1.29 is 19.4 Å². The summed E-state index contributed by atoms with van der Waals surface area (Å²) < 4.78 is 5.41. The minimum atomic E-state index is -0.900. The summed E-state index contributed by atoms with van der Waals surface area (Å²) in [6.07, 6.45) is 2.59. The molecule has 24 heavy (non-hydrogen) atoms. The molecule has 0 radical (unpaired) electrons. The zero-order valence-corrected chi connectivity index (χ0v) is 13.7. The number of H-pyrrole nitrogens is 1. The van der Waals surface area contributed by atoms with Crippen molar-refractivity contribution in [3.8, 4) is 0 Å². The van der Waals surface area contributed by atoms with E-state index >= 15 is 0 Å². The van der Waals surface area contributed by atoms with Crippen molar-refractivity contribution in [3.05, 3.63) is 35.5 Å². The van der Waals surface area contributed by atoms with Crippen LogP contribution in [0.2, 0.25) is 0 Å². The van der Waals surface area contributed by atoms with E-state index in [-0.39, 0.29) is 12.3 Å². The van der Waals surface area contributed by atoms with E-state index in [1.807, 2.05) is 12.3 Å². The van der Waals surface area contributed by atoms with Crippen LogP contribution in [-0.4, -0.2) is 52.7 Å². The Morgan fingerprint density at radius 1 is 1.42 bits per heavy atom. The predicted molar refractivity (Wildman–Crippen MR) is 89.9 cm³/mol. The minimum absolute atomic E-state index is 0.0516. The van der Waals surface area contributed by atoms with Gasteiger partial charge >= 0.3 is 5.97 Å². The summed E-state index contributed by atoms with van der Waals surface area (Å²) in [4.78, 5) is 28.2. The number of aliphatic carboxylic acids is 1. The molecule has 2 heterocycles. The maximum atomic E-state index is 12.4. The number of hydrogen-bond acceptors (Lipinski definition) is 3. The van der Waals surface area contributed by atoms with Crippen molar-refractivity contribution in [1.82, 2.24) is 9.88 Å². The summed E-state index contributed by atoms with van der Waals surface area (Å²) in [7, 11) is 0. The maximum Gasteiger partial charge on any atom is 0.306 e. The Kier molecular flexibility index (Phi) is 4.85. The molecule has 128 valence electrons. The number of carboxylic acid groups (broad SMARTS) is 1. The molecule has 6 nitrogen and oxygen atoms in total. The predicted octanol–water partition coefficient (Wildman–Crippen LogP) is 2.11. The van der Waals surface area contributed by atoms with Gasteiger partial charge < -0.3 is 19.7 Å². The molecule has 2 aromatic rings. The molecule has 1 atom stereocenters. The lowest BCUT2D eigenvalue weighted by molar-refractivity contribution is -0.147. The summed E-state index contributed by atoms with van der Waals surface area (Å²) in [5.74, 6) is -0.848. The molecule has 2 N–H and O–H groups in total. The monoisotopic (exact) mass is 330 g/mol. The second-order valence-corrected chi connectivity index (χ2v) is 6.24. The summed E-state index contributed by atoms with van der Waals surface area (Å²) >= 11 is 0. The number of nitrogens with zero attached hydrogens (tertiary/aromatic N) is 1. The van der Waals surface area contributed by atoms with Crippen molar-refractivity contribution in [3.63, 3.8) is 0 Å². The van der Waals surface area contributed by atoms with Gasteiger partial charge in [0.25, 0.3) is 0 Å². The Morgan fingerprint density at radius 2 is 2.25 bits per heavy atom. The fourth-order valence-corrected chi connectivity index (χ4v) is 3.23. The van der Waals surface area contributed by atoms with Gasteiger partial charge in [0.15, 0.2) is 0 Å². The molecule has 0 aliphatic carbocycles. The van der Waals surface area contributed by atoms with E-state index in [0.29, 0.717) is 32.5 Å². The van der Waals surface area contributed by atoms with E-state index in [4.69, 9.17) is 9.84 Å². The number of carboxylic acids is 1. The normalized spacial score (nSPS) is 18.0. The second-order valence-electron chi connectivity index (χ2n) is 6.24. The van der Waals surface area contributed by atoms with Crippen molar-refractivity contribution in [2.24, 2.45) is 0 Å². The van der Waals surface area contributed by atoms with E-state index < -0.39 is 12.1 Å². The van der Waals surface area contributed by atoms with Crippen LogP contribution in [0.15, 0.2) is 24.4 Å². The summed E-state index contributed by atoms with van der Waals surface area (Å²) in [5, 5.41) is 10.0. The number of carbonyl (C=O) groups excluding carboxylic acids is 1. The highest BCUT2D eigenvalue weighted by atomic mass is 16.5. The van der Waals surface area contributed by atoms with Crippen LogP contribution in [0.4, 0.5) is 0 Å². The van der Waals surface area contributed by atoms with Gasteiger partial charge in [-0.15, -0.1) is 0 Å². The van der Waals surface area contributed by atoms with Crippen LogP contribution in [0.1, 0.15) is 24.0 Å². The first-order valence-corrected chi connectivity index (χ1v) is 8.21. The highest BCUT2D eigenvalue weighted by molar-refractivity contribution is 5.86. The topological polar surface area (TPSA) is 82.6 Å². The minimum Gasteiger partial charge on any atom is -0.481 e. The second kappa shape index (κ2) is 7.05. The smallest absolute Gasteiger partial charge is 0.306 e. The first-order chi connectivity index (χ1) is 11.5. The average Bonchev–Trinajstić information content (AvgIpc) is 2.97. The van der Waals surface area contributed by atoms with Crippen LogP contribution in [0.3, 0.4) is 0 Å². The zero-order valence-electron chi connectivity index (χ0n) is 13.7. The van der Waals surface area contributed by atoms with Crippen LogP contribution >= 0.6 is 0 Å². The number of benzene rings is 1. The van der Waals surface area contributed by atoms with Gasteiger partial charge in [-0.3, -0.25) is 9.59 Å². The Balaban J connectivity index is 1.60. The third-order valence-corrected chi connectivity index (χ3v) is 4.51. The molecule has 1 fully saturated rings. The molecule has 0 spiro atoms. The van der Waals surface area contributed by atoms with Gasteiger partial charge in [-0.2, -0.15) is 0 Å². The molecule has 6 heteroatoms. The Bertz CT molecular complexity index is 753. The Hall–Kier alpha value is -2.34. The number of rotatable bonds is 5. The number of aryl methyl sites for hydroxylation is 2. The van der Waals surface area contributed by atoms with Gasteiger partial charge in [-0.25, -0.2) is 0 Å². The molecule has 1 aromatic heterocycles. The van der Waals surface area contributed by atoms with E-state index in [0.717, 1.165) is 16.5 Å². The maximum absolute atomic E-state index is 12.4. The third-order valence-electron chi connectivity index (χ3n) is 4.51. The zero-order chi connectivity index (χ0) is 17.1. The van der Waals surface area contributed by atoms with E-state index in [2.05, 4.69) is 24.0 Å². The number of aromatic nitrogens is 1. The quantitative estimate of drug-likeness (QED) is 0.879. The first-order valence-electron chi connectivity index (χ1n) is 8.21. The molecular weight excluding hydrogens is 308 g/mol. The summed E-state index contributed by atoms with van der Waals surface area (Å²) in [5.41, 5.74) is 3.44. The van der Waals surface area contributed by atoms with E-state index in [1.165, 1.54) is 5.56 Å². The van der Waals surface area contributed by atoms with Crippen molar-refractivity contribution in [2.45, 2.75) is 32.3 Å². The molecule has 0 saturated carbocycles. The third kappa shape index (κ3) is 3.59. The van der Waals surface area contributed by atoms with Crippen LogP contribution in [0, 0.1) is 6.92 Å². The lowest BCUT2D eigenvalue weighted by atomic mass is 10.1. The lowest BCUT2D eigenvalue weighted by Crippen LogP contribution is -2.46. The lowest BCUT2D eigenvalue weighted by Gasteiger charge is -2.32. The fourth-order valence-electron chi connectivity index (χ4n) is 3.23. The highest BCUT2D eigenvalue weighted by Gasteiger charge is 2.25. The molecule has 1 aliphatic heterocycles. The number of hydrogen-bond donors (Lipinski definition) is 2.